The van der Waals surface area contributed by atoms with Gasteiger partial charge in [0.25, 0.3) is 0 Å². The molecule has 0 aliphatic rings. The van der Waals surface area contributed by atoms with E-state index in [1.165, 1.54) is 12.1 Å². The van der Waals surface area contributed by atoms with Crippen molar-refractivity contribution < 1.29 is 4.39 Å². The van der Waals surface area contributed by atoms with Crippen LogP contribution in [0.5, 0.6) is 0 Å². The zero-order valence-electron chi connectivity index (χ0n) is 12.6. The molecule has 120 valence electrons. The van der Waals surface area contributed by atoms with Gasteiger partial charge in [-0.3, -0.25) is 0 Å². The molecule has 0 saturated carbocycles. The summed E-state index contributed by atoms with van der Waals surface area (Å²) >= 11 is 0. The molecule has 8 heteroatoms. The van der Waals surface area contributed by atoms with E-state index in [0.29, 0.717) is 24.7 Å². The molecule has 3 rings (SSSR count). The molecule has 0 radical (unpaired) electrons. The highest BCUT2D eigenvalue weighted by atomic mass is 19.1. The summed E-state index contributed by atoms with van der Waals surface area (Å²) < 4.78 is 14.7. The first-order valence-electron chi connectivity index (χ1n) is 7.29. The standard InChI is InChI=1S/C16H14FN7/c17-13-6-7-15(12(10-13)11-18)19-8-9-20-16-21-22-23-24(16)14-4-2-1-3-5-14/h1-7,10,19H,8-9H2,(H,20,21,23). The fourth-order valence-corrected chi connectivity index (χ4v) is 2.18. The molecule has 1 heterocycles. The van der Waals surface area contributed by atoms with Gasteiger partial charge in [-0.15, -0.1) is 0 Å². The first kappa shape index (κ1) is 15.4. The van der Waals surface area contributed by atoms with Crippen molar-refractivity contribution in [1.82, 2.24) is 20.2 Å². The first-order chi connectivity index (χ1) is 11.8. The fourth-order valence-electron chi connectivity index (χ4n) is 2.18. The molecule has 1 aromatic heterocycles. The fraction of sp³-hybridized carbons (Fsp3) is 0.125. The Labute approximate surface area is 137 Å². The van der Waals surface area contributed by atoms with Crippen LogP contribution in [-0.2, 0) is 0 Å². The first-order valence-corrected chi connectivity index (χ1v) is 7.29. The monoisotopic (exact) mass is 323 g/mol. The number of tetrazole rings is 1. The molecule has 7 nitrogen and oxygen atoms in total. The Morgan fingerprint density at radius 3 is 2.67 bits per heavy atom. The Balaban J connectivity index is 1.59. The third-order valence-electron chi connectivity index (χ3n) is 3.30. The largest absolute Gasteiger partial charge is 0.382 e. The highest BCUT2D eigenvalue weighted by Crippen LogP contribution is 2.15. The molecule has 2 aromatic carbocycles. The molecular formula is C16H14FN7. The molecule has 0 atom stereocenters. The third kappa shape index (κ3) is 3.47. The highest BCUT2D eigenvalue weighted by Gasteiger charge is 2.07. The van der Waals surface area contributed by atoms with Crippen LogP contribution in [0.3, 0.4) is 0 Å². The van der Waals surface area contributed by atoms with Crippen LogP contribution in [0.25, 0.3) is 5.69 Å². The summed E-state index contributed by atoms with van der Waals surface area (Å²) in [7, 11) is 0. The van der Waals surface area contributed by atoms with Crippen molar-refractivity contribution in [1.29, 1.82) is 5.26 Å². The molecule has 2 N–H and O–H groups in total. The zero-order chi connectivity index (χ0) is 16.8. The van der Waals surface area contributed by atoms with Crippen LogP contribution in [0, 0.1) is 17.1 Å². The van der Waals surface area contributed by atoms with Crippen LogP contribution in [0.15, 0.2) is 48.5 Å². The SMILES string of the molecule is N#Cc1cc(F)ccc1NCCNc1nnnn1-c1ccccc1. The summed E-state index contributed by atoms with van der Waals surface area (Å²) in [6.07, 6.45) is 0. The summed E-state index contributed by atoms with van der Waals surface area (Å²) in [5.74, 6) is 0.0832. The minimum atomic E-state index is -0.433. The van der Waals surface area contributed by atoms with Crippen LogP contribution >= 0.6 is 0 Å². The summed E-state index contributed by atoms with van der Waals surface area (Å²) in [5.41, 5.74) is 1.70. The molecular weight excluding hydrogens is 309 g/mol. The molecule has 0 amide bonds. The second-order valence-corrected chi connectivity index (χ2v) is 4.91. The van der Waals surface area contributed by atoms with E-state index in [-0.39, 0.29) is 5.56 Å². The van der Waals surface area contributed by atoms with Gasteiger partial charge in [-0.25, -0.2) is 4.39 Å². The number of benzene rings is 2. The van der Waals surface area contributed by atoms with Gasteiger partial charge in [-0.1, -0.05) is 23.3 Å². The second kappa shape index (κ2) is 7.19. The van der Waals surface area contributed by atoms with Crippen molar-refractivity contribution in [2.24, 2.45) is 0 Å². The molecule has 0 spiro atoms. The lowest BCUT2D eigenvalue weighted by Gasteiger charge is -2.10. The maximum atomic E-state index is 13.1. The average Bonchev–Trinajstić information content (AvgIpc) is 3.09. The van der Waals surface area contributed by atoms with Crippen LogP contribution in [0.2, 0.25) is 0 Å². The third-order valence-corrected chi connectivity index (χ3v) is 3.30. The molecule has 3 aromatic rings. The van der Waals surface area contributed by atoms with Crippen molar-refractivity contribution in [3.63, 3.8) is 0 Å². The van der Waals surface area contributed by atoms with Crippen molar-refractivity contribution in [3.8, 4) is 11.8 Å². The van der Waals surface area contributed by atoms with E-state index in [9.17, 15) is 4.39 Å². The minimum absolute atomic E-state index is 0.268. The number of aromatic nitrogens is 4. The highest BCUT2D eigenvalue weighted by molar-refractivity contribution is 5.57. The van der Waals surface area contributed by atoms with E-state index in [4.69, 9.17) is 5.26 Å². The lowest BCUT2D eigenvalue weighted by Crippen LogP contribution is -2.16. The van der Waals surface area contributed by atoms with Crippen molar-refractivity contribution in [3.05, 3.63) is 59.9 Å². The van der Waals surface area contributed by atoms with Crippen LogP contribution in [-0.4, -0.2) is 33.3 Å². The number of anilines is 2. The number of halogens is 1. The molecule has 24 heavy (non-hydrogen) atoms. The number of nitriles is 1. The number of nitrogens with one attached hydrogen (secondary N) is 2. The van der Waals surface area contributed by atoms with Gasteiger partial charge < -0.3 is 10.6 Å². The average molecular weight is 323 g/mol. The van der Waals surface area contributed by atoms with Crippen molar-refractivity contribution in [2.45, 2.75) is 0 Å². The van der Waals surface area contributed by atoms with E-state index in [1.54, 1.807) is 10.7 Å². The summed E-state index contributed by atoms with van der Waals surface area (Å²) in [4.78, 5) is 0. The maximum Gasteiger partial charge on any atom is 0.247 e. The van der Waals surface area contributed by atoms with Gasteiger partial charge in [0.05, 0.1) is 16.9 Å². The normalized spacial score (nSPS) is 10.2. The molecule has 0 aliphatic heterocycles. The van der Waals surface area contributed by atoms with E-state index in [1.807, 2.05) is 36.4 Å². The molecule has 0 fully saturated rings. The van der Waals surface area contributed by atoms with Crippen molar-refractivity contribution >= 4 is 11.6 Å². The minimum Gasteiger partial charge on any atom is -0.382 e. The van der Waals surface area contributed by atoms with Gasteiger partial charge in [0, 0.05) is 13.1 Å². The van der Waals surface area contributed by atoms with Crippen LogP contribution in [0.4, 0.5) is 16.0 Å². The summed E-state index contributed by atoms with van der Waals surface area (Å²) in [6.45, 7) is 1.04. The number of hydrogen-bond acceptors (Lipinski definition) is 6. The number of hydrogen-bond donors (Lipinski definition) is 2. The number of para-hydroxylation sites is 1. The van der Waals surface area contributed by atoms with Gasteiger partial charge in [0.15, 0.2) is 0 Å². The zero-order valence-corrected chi connectivity index (χ0v) is 12.6. The van der Waals surface area contributed by atoms with Crippen LogP contribution in [0.1, 0.15) is 5.56 Å². The number of rotatable bonds is 6. The van der Waals surface area contributed by atoms with Crippen LogP contribution < -0.4 is 10.6 Å². The lowest BCUT2D eigenvalue weighted by atomic mass is 10.2. The Hall–Kier alpha value is -3.47. The Bertz CT molecular complexity index is 854. The van der Waals surface area contributed by atoms with E-state index in [2.05, 4.69) is 26.2 Å². The molecule has 0 aliphatic carbocycles. The summed E-state index contributed by atoms with van der Waals surface area (Å²) in [6, 6.07) is 15.5. The smallest absolute Gasteiger partial charge is 0.247 e. The Morgan fingerprint density at radius 2 is 1.88 bits per heavy atom. The molecule has 0 bridgehead atoms. The van der Waals surface area contributed by atoms with Gasteiger partial charge in [-0.2, -0.15) is 9.94 Å². The van der Waals surface area contributed by atoms with E-state index >= 15 is 0 Å². The number of nitrogens with zero attached hydrogens (tertiary/aromatic N) is 5. The van der Waals surface area contributed by atoms with Gasteiger partial charge in [-0.05, 0) is 40.8 Å². The topological polar surface area (TPSA) is 91.4 Å². The quantitative estimate of drug-likeness (QED) is 0.676. The Kier molecular flexibility index (Phi) is 4.62. The summed E-state index contributed by atoms with van der Waals surface area (Å²) in [5, 5.41) is 26.8. The predicted molar refractivity (Wildman–Crippen MR) is 87.2 cm³/mol. The van der Waals surface area contributed by atoms with Gasteiger partial charge >= 0.3 is 0 Å². The molecule has 0 unspecified atom stereocenters. The van der Waals surface area contributed by atoms with Gasteiger partial charge in [0.1, 0.15) is 11.9 Å². The maximum absolute atomic E-state index is 13.1. The van der Waals surface area contributed by atoms with E-state index < -0.39 is 5.82 Å². The predicted octanol–water partition coefficient (Wildman–Crippen LogP) is 2.20. The molecule has 0 saturated heterocycles. The van der Waals surface area contributed by atoms with Crippen molar-refractivity contribution in [2.75, 3.05) is 23.7 Å². The lowest BCUT2D eigenvalue weighted by molar-refractivity contribution is 0.627. The van der Waals surface area contributed by atoms with Gasteiger partial charge in [0.2, 0.25) is 5.95 Å². The van der Waals surface area contributed by atoms with E-state index in [0.717, 1.165) is 5.69 Å². The Morgan fingerprint density at radius 1 is 1.08 bits per heavy atom. The second-order valence-electron chi connectivity index (χ2n) is 4.91.